The Kier molecular flexibility index (Phi) is 6.54. The molecule has 1 fully saturated rings. The summed E-state index contributed by atoms with van der Waals surface area (Å²) in [5.41, 5.74) is 3.45. The molecule has 1 aliphatic heterocycles. The molecule has 0 unspecified atom stereocenters. The summed E-state index contributed by atoms with van der Waals surface area (Å²) in [6, 6.07) is 12.5. The van der Waals surface area contributed by atoms with Crippen LogP contribution in [0.1, 0.15) is 15.9 Å². The van der Waals surface area contributed by atoms with Gasteiger partial charge in [-0.2, -0.15) is 0 Å². The second-order valence-corrected chi connectivity index (χ2v) is 7.47. The lowest BCUT2D eigenvalue weighted by atomic mass is 10.1. The minimum absolute atomic E-state index is 0.107. The van der Waals surface area contributed by atoms with Crippen molar-refractivity contribution in [2.45, 2.75) is 6.92 Å². The van der Waals surface area contributed by atoms with Crippen LogP contribution in [0.4, 0.5) is 11.4 Å². The van der Waals surface area contributed by atoms with E-state index in [1.807, 2.05) is 25.1 Å². The SMILES string of the molecule is Cc1cc(NC(=O)CNC(=O)c2cccc(Cl)c2)ccc1N1CCN(C)CC1. The second-order valence-electron chi connectivity index (χ2n) is 7.03. The number of carbonyl (C=O) groups excluding carboxylic acids is 2. The van der Waals surface area contributed by atoms with Gasteiger partial charge in [-0.05, 0) is 55.9 Å². The normalized spacial score (nSPS) is 14.6. The Morgan fingerprint density at radius 2 is 1.82 bits per heavy atom. The van der Waals surface area contributed by atoms with Crippen LogP contribution >= 0.6 is 11.6 Å². The first kappa shape index (κ1) is 20.2. The second kappa shape index (κ2) is 9.08. The van der Waals surface area contributed by atoms with E-state index in [-0.39, 0.29) is 18.4 Å². The molecule has 3 rings (SSSR count). The number of likely N-dealkylation sites (N-methyl/N-ethyl adjacent to an activating group) is 1. The molecule has 2 aromatic carbocycles. The fourth-order valence-electron chi connectivity index (χ4n) is 3.23. The fraction of sp³-hybridized carbons (Fsp3) is 0.333. The Morgan fingerprint density at radius 3 is 2.50 bits per heavy atom. The van der Waals surface area contributed by atoms with Gasteiger partial charge in [0, 0.05) is 48.1 Å². The summed E-state index contributed by atoms with van der Waals surface area (Å²) in [6.45, 7) is 6.03. The largest absolute Gasteiger partial charge is 0.369 e. The number of rotatable bonds is 5. The third kappa shape index (κ3) is 5.24. The lowest BCUT2D eigenvalue weighted by Gasteiger charge is -2.35. The van der Waals surface area contributed by atoms with Gasteiger partial charge in [0.15, 0.2) is 0 Å². The van der Waals surface area contributed by atoms with Crippen LogP contribution in [0, 0.1) is 6.92 Å². The van der Waals surface area contributed by atoms with E-state index in [1.165, 1.54) is 5.69 Å². The van der Waals surface area contributed by atoms with Crippen molar-refractivity contribution in [1.82, 2.24) is 10.2 Å². The van der Waals surface area contributed by atoms with E-state index in [1.54, 1.807) is 24.3 Å². The van der Waals surface area contributed by atoms with E-state index >= 15 is 0 Å². The molecule has 28 heavy (non-hydrogen) atoms. The van der Waals surface area contributed by atoms with Crippen LogP contribution in [0.15, 0.2) is 42.5 Å². The number of piperazine rings is 1. The average molecular weight is 401 g/mol. The molecule has 0 radical (unpaired) electrons. The number of nitrogens with one attached hydrogen (secondary N) is 2. The highest BCUT2D eigenvalue weighted by atomic mass is 35.5. The standard InChI is InChI=1S/C21H25ClN4O2/c1-15-12-18(6-7-19(15)26-10-8-25(2)9-11-26)24-20(27)14-23-21(28)16-4-3-5-17(22)13-16/h3-7,12-13H,8-11,14H2,1-2H3,(H,23,28)(H,24,27). The maximum absolute atomic E-state index is 12.2. The zero-order valence-electron chi connectivity index (χ0n) is 16.2. The Labute approximate surface area is 170 Å². The topological polar surface area (TPSA) is 64.7 Å². The maximum atomic E-state index is 12.2. The summed E-state index contributed by atoms with van der Waals surface area (Å²) in [7, 11) is 2.13. The molecule has 2 amide bonds. The van der Waals surface area contributed by atoms with Gasteiger partial charge in [-0.1, -0.05) is 17.7 Å². The lowest BCUT2D eigenvalue weighted by molar-refractivity contribution is -0.115. The number of aryl methyl sites for hydroxylation is 1. The Morgan fingerprint density at radius 1 is 1.07 bits per heavy atom. The predicted molar refractivity (Wildman–Crippen MR) is 113 cm³/mol. The molecule has 1 heterocycles. The number of hydrogen-bond donors (Lipinski definition) is 2. The van der Waals surface area contributed by atoms with Crippen molar-refractivity contribution < 1.29 is 9.59 Å². The number of amides is 2. The molecule has 6 nitrogen and oxygen atoms in total. The summed E-state index contributed by atoms with van der Waals surface area (Å²) in [5, 5.41) is 5.92. The monoisotopic (exact) mass is 400 g/mol. The van der Waals surface area contributed by atoms with Gasteiger partial charge in [-0.25, -0.2) is 0 Å². The minimum atomic E-state index is -0.334. The van der Waals surface area contributed by atoms with Gasteiger partial charge < -0.3 is 20.4 Å². The van der Waals surface area contributed by atoms with Crippen molar-refractivity contribution in [3.63, 3.8) is 0 Å². The number of halogens is 1. The van der Waals surface area contributed by atoms with E-state index in [0.717, 1.165) is 37.4 Å². The molecule has 0 atom stereocenters. The summed E-state index contributed by atoms with van der Waals surface area (Å²) in [6.07, 6.45) is 0. The molecule has 148 valence electrons. The van der Waals surface area contributed by atoms with Crippen molar-refractivity contribution in [3.8, 4) is 0 Å². The van der Waals surface area contributed by atoms with Crippen LogP contribution in [-0.2, 0) is 4.79 Å². The van der Waals surface area contributed by atoms with Crippen LogP contribution in [0.5, 0.6) is 0 Å². The summed E-state index contributed by atoms with van der Waals surface area (Å²) in [5.74, 6) is -0.610. The zero-order valence-corrected chi connectivity index (χ0v) is 16.9. The number of hydrogen-bond acceptors (Lipinski definition) is 4. The number of anilines is 2. The van der Waals surface area contributed by atoms with E-state index in [0.29, 0.717) is 10.6 Å². The molecule has 0 bridgehead atoms. The number of carbonyl (C=O) groups is 2. The summed E-state index contributed by atoms with van der Waals surface area (Å²) < 4.78 is 0. The van der Waals surface area contributed by atoms with E-state index < -0.39 is 0 Å². The van der Waals surface area contributed by atoms with Crippen molar-refractivity contribution in [1.29, 1.82) is 0 Å². The number of benzene rings is 2. The fourth-order valence-corrected chi connectivity index (χ4v) is 3.42. The van der Waals surface area contributed by atoms with Crippen LogP contribution in [0.2, 0.25) is 5.02 Å². The molecule has 0 saturated carbocycles. The quantitative estimate of drug-likeness (QED) is 0.810. The van der Waals surface area contributed by atoms with Gasteiger partial charge in [-0.15, -0.1) is 0 Å². The smallest absolute Gasteiger partial charge is 0.251 e. The average Bonchev–Trinajstić information content (AvgIpc) is 2.67. The molecular formula is C21H25ClN4O2. The molecule has 1 saturated heterocycles. The third-order valence-electron chi connectivity index (χ3n) is 4.82. The number of nitrogens with zero attached hydrogens (tertiary/aromatic N) is 2. The van der Waals surface area contributed by atoms with Crippen molar-refractivity contribution in [2.24, 2.45) is 0 Å². The molecule has 1 aliphatic rings. The maximum Gasteiger partial charge on any atom is 0.251 e. The van der Waals surface area contributed by atoms with E-state index in [4.69, 9.17) is 11.6 Å². The van der Waals surface area contributed by atoms with Crippen molar-refractivity contribution in [3.05, 3.63) is 58.6 Å². The Balaban J connectivity index is 1.54. The molecule has 0 aliphatic carbocycles. The minimum Gasteiger partial charge on any atom is -0.369 e. The Bertz CT molecular complexity index is 863. The lowest BCUT2D eigenvalue weighted by Crippen LogP contribution is -2.44. The first-order valence-corrected chi connectivity index (χ1v) is 9.68. The third-order valence-corrected chi connectivity index (χ3v) is 5.06. The van der Waals surface area contributed by atoms with Crippen molar-refractivity contribution >= 4 is 34.8 Å². The van der Waals surface area contributed by atoms with Gasteiger partial charge in [0.1, 0.15) is 0 Å². The van der Waals surface area contributed by atoms with E-state index in [2.05, 4.69) is 27.5 Å². The predicted octanol–water partition coefficient (Wildman–Crippen LogP) is 2.77. The molecule has 2 aromatic rings. The zero-order chi connectivity index (χ0) is 20.1. The molecule has 7 heteroatoms. The summed E-state index contributed by atoms with van der Waals surface area (Å²) in [4.78, 5) is 29.0. The molecule has 2 N–H and O–H groups in total. The molecule has 0 aromatic heterocycles. The highest BCUT2D eigenvalue weighted by molar-refractivity contribution is 6.31. The Hall–Kier alpha value is -2.57. The van der Waals surface area contributed by atoms with Gasteiger partial charge in [0.2, 0.25) is 5.91 Å². The first-order valence-electron chi connectivity index (χ1n) is 9.30. The molecular weight excluding hydrogens is 376 g/mol. The van der Waals surface area contributed by atoms with Gasteiger partial charge in [0.05, 0.1) is 6.54 Å². The highest BCUT2D eigenvalue weighted by Gasteiger charge is 2.16. The van der Waals surface area contributed by atoms with E-state index in [9.17, 15) is 9.59 Å². The highest BCUT2D eigenvalue weighted by Crippen LogP contribution is 2.24. The van der Waals surface area contributed by atoms with Gasteiger partial charge in [-0.3, -0.25) is 9.59 Å². The molecule has 0 spiro atoms. The van der Waals surface area contributed by atoms with Gasteiger partial charge >= 0.3 is 0 Å². The van der Waals surface area contributed by atoms with Crippen LogP contribution < -0.4 is 15.5 Å². The first-order chi connectivity index (χ1) is 13.4. The van der Waals surface area contributed by atoms with Gasteiger partial charge in [0.25, 0.3) is 5.91 Å². The van der Waals surface area contributed by atoms with Crippen molar-refractivity contribution in [2.75, 3.05) is 50.0 Å². The summed E-state index contributed by atoms with van der Waals surface area (Å²) >= 11 is 5.88. The van der Waals surface area contributed by atoms with Crippen LogP contribution in [-0.4, -0.2) is 56.5 Å². The van der Waals surface area contributed by atoms with Crippen LogP contribution in [0.25, 0.3) is 0 Å². The van der Waals surface area contributed by atoms with Crippen LogP contribution in [0.3, 0.4) is 0 Å².